The molecule has 1 aromatic carbocycles. The molecule has 106 valence electrons. The molecule has 1 heterocycles. The van der Waals surface area contributed by atoms with Crippen LogP contribution in [0.25, 0.3) is 10.9 Å². The lowest BCUT2D eigenvalue weighted by atomic mass is 9.99. The van der Waals surface area contributed by atoms with E-state index in [-0.39, 0.29) is 10.6 Å². The molecule has 0 amide bonds. The highest BCUT2D eigenvalue weighted by Crippen LogP contribution is 2.26. The fourth-order valence-corrected chi connectivity index (χ4v) is 2.51. The minimum Gasteiger partial charge on any atom is -0.317 e. The number of aromatic nitrogens is 1. The minimum atomic E-state index is -0.374. The second kappa shape index (κ2) is 6.43. The van der Waals surface area contributed by atoms with E-state index in [0.29, 0.717) is 11.6 Å². The summed E-state index contributed by atoms with van der Waals surface area (Å²) in [6.07, 6.45) is 4.69. The Labute approximate surface area is 118 Å². The number of rotatable bonds is 6. The van der Waals surface area contributed by atoms with E-state index < -0.39 is 0 Å². The SMILES string of the molecule is CCCC(Cc1ccnc2c([N+](=O)[O-])cccc12)NC. The van der Waals surface area contributed by atoms with Gasteiger partial charge < -0.3 is 5.32 Å². The third-order valence-electron chi connectivity index (χ3n) is 3.55. The molecule has 5 heteroatoms. The normalized spacial score (nSPS) is 12.5. The number of nitrogens with zero attached hydrogens (tertiary/aromatic N) is 2. The van der Waals surface area contributed by atoms with Crippen molar-refractivity contribution in [3.8, 4) is 0 Å². The fraction of sp³-hybridized carbons (Fsp3) is 0.400. The van der Waals surface area contributed by atoms with Crippen LogP contribution >= 0.6 is 0 Å². The zero-order chi connectivity index (χ0) is 14.5. The van der Waals surface area contributed by atoms with Crippen LogP contribution in [0.2, 0.25) is 0 Å². The van der Waals surface area contributed by atoms with E-state index in [4.69, 9.17) is 0 Å². The number of pyridine rings is 1. The molecule has 0 saturated heterocycles. The van der Waals surface area contributed by atoms with E-state index in [1.54, 1.807) is 12.3 Å². The molecule has 5 nitrogen and oxygen atoms in total. The third kappa shape index (κ3) is 2.93. The van der Waals surface area contributed by atoms with Crippen LogP contribution in [0, 0.1) is 10.1 Å². The Balaban J connectivity index is 2.44. The number of nitro benzene ring substituents is 1. The van der Waals surface area contributed by atoms with Crippen LogP contribution in [-0.2, 0) is 6.42 Å². The maximum absolute atomic E-state index is 11.1. The van der Waals surface area contributed by atoms with Crippen molar-refractivity contribution in [2.75, 3.05) is 7.05 Å². The minimum absolute atomic E-state index is 0.0702. The molecule has 1 aromatic heterocycles. The lowest BCUT2D eigenvalue weighted by Gasteiger charge is -2.16. The summed E-state index contributed by atoms with van der Waals surface area (Å²) in [5, 5.41) is 15.2. The second-order valence-corrected chi connectivity index (χ2v) is 4.88. The number of fused-ring (bicyclic) bond motifs is 1. The number of hydrogen-bond donors (Lipinski definition) is 1. The monoisotopic (exact) mass is 273 g/mol. The molecule has 0 aliphatic rings. The fourth-order valence-electron chi connectivity index (χ4n) is 2.51. The molecule has 2 rings (SSSR count). The summed E-state index contributed by atoms with van der Waals surface area (Å²) in [6.45, 7) is 2.15. The van der Waals surface area contributed by atoms with Gasteiger partial charge in [0, 0.05) is 23.7 Å². The lowest BCUT2D eigenvalue weighted by molar-refractivity contribution is -0.383. The molecule has 0 bridgehead atoms. The Morgan fingerprint density at radius 3 is 2.85 bits per heavy atom. The maximum Gasteiger partial charge on any atom is 0.295 e. The lowest BCUT2D eigenvalue weighted by Crippen LogP contribution is -2.27. The highest BCUT2D eigenvalue weighted by atomic mass is 16.6. The Hall–Kier alpha value is -2.01. The van der Waals surface area contributed by atoms with Crippen LogP contribution in [0.4, 0.5) is 5.69 Å². The van der Waals surface area contributed by atoms with Crippen LogP contribution in [-0.4, -0.2) is 23.0 Å². The average Bonchev–Trinajstić information content (AvgIpc) is 2.46. The summed E-state index contributed by atoms with van der Waals surface area (Å²) in [7, 11) is 1.95. The van der Waals surface area contributed by atoms with Crippen molar-refractivity contribution in [2.45, 2.75) is 32.2 Å². The van der Waals surface area contributed by atoms with Crippen molar-refractivity contribution in [2.24, 2.45) is 0 Å². The smallest absolute Gasteiger partial charge is 0.295 e. The van der Waals surface area contributed by atoms with Gasteiger partial charge in [0.25, 0.3) is 5.69 Å². The molecule has 2 aromatic rings. The van der Waals surface area contributed by atoms with E-state index in [0.717, 1.165) is 30.2 Å². The van der Waals surface area contributed by atoms with Crippen LogP contribution in [0.15, 0.2) is 30.5 Å². The van der Waals surface area contributed by atoms with Crippen molar-refractivity contribution >= 4 is 16.6 Å². The first-order valence-corrected chi connectivity index (χ1v) is 6.85. The zero-order valence-electron chi connectivity index (χ0n) is 11.8. The number of nitrogens with one attached hydrogen (secondary N) is 1. The highest BCUT2D eigenvalue weighted by molar-refractivity contribution is 5.89. The van der Waals surface area contributed by atoms with Crippen LogP contribution in [0.1, 0.15) is 25.3 Å². The quantitative estimate of drug-likeness (QED) is 0.648. The van der Waals surface area contributed by atoms with E-state index in [9.17, 15) is 10.1 Å². The first kappa shape index (κ1) is 14.4. The van der Waals surface area contributed by atoms with Gasteiger partial charge in [-0.25, -0.2) is 4.98 Å². The van der Waals surface area contributed by atoms with Crippen molar-refractivity contribution in [3.63, 3.8) is 0 Å². The molecule has 0 radical (unpaired) electrons. The highest BCUT2D eigenvalue weighted by Gasteiger charge is 2.15. The van der Waals surface area contributed by atoms with E-state index >= 15 is 0 Å². The Bertz CT molecular complexity index is 613. The number of hydrogen-bond acceptors (Lipinski definition) is 4. The van der Waals surface area contributed by atoms with E-state index in [1.807, 2.05) is 19.2 Å². The standard InChI is InChI=1S/C15H19N3O2/c1-3-5-12(16-2)10-11-8-9-17-15-13(11)6-4-7-14(15)18(19)20/h4,6-9,12,16H,3,5,10H2,1-2H3. The van der Waals surface area contributed by atoms with Crippen molar-refractivity contribution in [1.29, 1.82) is 0 Å². The van der Waals surface area contributed by atoms with Crippen molar-refractivity contribution in [3.05, 3.63) is 46.1 Å². The largest absolute Gasteiger partial charge is 0.317 e. The van der Waals surface area contributed by atoms with Gasteiger partial charge in [-0.2, -0.15) is 0 Å². The topological polar surface area (TPSA) is 68.1 Å². The summed E-state index contributed by atoms with van der Waals surface area (Å²) in [5.74, 6) is 0. The first-order chi connectivity index (χ1) is 9.67. The summed E-state index contributed by atoms with van der Waals surface area (Å²) in [6, 6.07) is 7.46. The summed E-state index contributed by atoms with van der Waals surface area (Å²) in [4.78, 5) is 14.9. The van der Waals surface area contributed by atoms with Gasteiger partial charge in [0.15, 0.2) is 0 Å². The Kier molecular flexibility index (Phi) is 4.63. The van der Waals surface area contributed by atoms with Crippen molar-refractivity contribution in [1.82, 2.24) is 10.3 Å². The number of likely N-dealkylation sites (N-methyl/N-ethyl adjacent to an activating group) is 1. The molecule has 0 fully saturated rings. The molecule has 20 heavy (non-hydrogen) atoms. The molecule has 0 spiro atoms. The first-order valence-electron chi connectivity index (χ1n) is 6.85. The number of para-hydroxylation sites is 1. The average molecular weight is 273 g/mol. The molecule has 1 N–H and O–H groups in total. The van der Waals surface area contributed by atoms with E-state index in [2.05, 4.69) is 17.2 Å². The predicted molar refractivity (Wildman–Crippen MR) is 79.9 cm³/mol. The third-order valence-corrected chi connectivity index (χ3v) is 3.55. The zero-order valence-corrected chi connectivity index (χ0v) is 11.8. The molecule has 0 aliphatic carbocycles. The number of benzene rings is 1. The van der Waals surface area contributed by atoms with Crippen LogP contribution < -0.4 is 5.32 Å². The van der Waals surface area contributed by atoms with Crippen LogP contribution in [0.3, 0.4) is 0 Å². The molecule has 0 saturated carbocycles. The second-order valence-electron chi connectivity index (χ2n) is 4.88. The molecular weight excluding hydrogens is 254 g/mol. The molecule has 0 aliphatic heterocycles. The van der Waals surface area contributed by atoms with Crippen molar-refractivity contribution < 1.29 is 4.92 Å². The summed E-state index contributed by atoms with van der Waals surface area (Å²) < 4.78 is 0. The Morgan fingerprint density at radius 2 is 2.20 bits per heavy atom. The van der Waals surface area contributed by atoms with Gasteiger partial charge in [-0.05, 0) is 31.5 Å². The van der Waals surface area contributed by atoms with E-state index in [1.165, 1.54) is 6.07 Å². The number of nitro groups is 1. The summed E-state index contributed by atoms with van der Waals surface area (Å²) >= 11 is 0. The number of non-ortho nitro benzene ring substituents is 1. The summed E-state index contributed by atoms with van der Waals surface area (Å²) in [5.41, 5.74) is 1.65. The maximum atomic E-state index is 11.1. The Morgan fingerprint density at radius 1 is 1.40 bits per heavy atom. The molecular formula is C15H19N3O2. The molecule has 1 atom stereocenters. The van der Waals surface area contributed by atoms with Gasteiger partial charge >= 0.3 is 0 Å². The van der Waals surface area contributed by atoms with Gasteiger partial charge in [-0.15, -0.1) is 0 Å². The van der Waals surface area contributed by atoms with Gasteiger partial charge in [-0.3, -0.25) is 10.1 Å². The van der Waals surface area contributed by atoms with Gasteiger partial charge in [0.1, 0.15) is 5.52 Å². The van der Waals surface area contributed by atoms with Gasteiger partial charge in [0.05, 0.1) is 4.92 Å². The molecule has 1 unspecified atom stereocenters. The van der Waals surface area contributed by atoms with Crippen LogP contribution in [0.5, 0.6) is 0 Å². The van der Waals surface area contributed by atoms with Gasteiger partial charge in [0.2, 0.25) is 0 Å². The van der Waals surface area contributed by atoms with Gasteiger partial charge in [-0.1, -0.05) is 25.5 Å². The predicted octanol–water partition coefficient (Wildman–Crippen LogP) is 3.07.